The zero-order chi connectivity index (χ0) is 16.9. The van der Waals surface area contributed by atoms with Crippen LogP contribution in [-0.4, -0.2) is 24.8 Å². The number of halogens is 1. The number of carbonyl (C=O) groups is 1. The molecule has 120 valence electrons. The summed E-state index contributed by atoms with van der Waals surface area (Å²) in [6, 6.07) is 15.6. The standard InChI is InChI=1S/C9H8O2.C6H4Br.2C2H5.Sn/c1-2-7-3-5-8(6-4-7)9(10)11;7-6-4-2-1-3-5-6;2*1-2;/h2-6H,1H2,(H,10,11);2-5H;2*1H2,2H3;/q;;;;+1/p-1. The van der Waals surface area contributed by atoms with Crippen molar-refractivity contribution in [2.45, 2.75) is 22.7 Å². The van der Waals surface area contributed by atoms with E-state index in [1.165, 1.54) is 3.58 Å². The quantitative estimate of drug-likeness (QED) is 0.536. The fourth-order valence-corrected chi connectivity index (χ4v) is 11.3. The maximum absolute atomic E-state index is 12.6. The van der Waals surface area contributed by atoms with E-state index < -0.39 is 18.8 Å². The predicted octanol–water partition coefficient (Wildman–Crippen LogP) is 5.14. The number of hydrogen-bond acceptors (Lipinski definition) is 2. The van der Waals surface area contributed by atoms with E-state index in [0.717, 1.165) is 18.9 Å². The number of rotatable bonds is 6. The van der Waals surface area contributed by atoms with Crippen molar-refractivity contribution in [1.29, 1.82) is 0 Å². The molecule has 0 heterocycles. The summed E-state index contributed by atoms with van der Waals surface area (Å²) < 4.78 is 10.3. The summed E-state index contributed by atoms with van der Waals surface area (Å²) in [5.41, 5.74) is 1.60. The molecule has 0 fully saturated rings. The van der Waals surface area contributed by atoms with Crippen molar-refractivity contribution in [1.82, 2.24) is 0 Å². The van der Waals surface area contributed by atoms with Crippen LogP contribution in [0.3, 0.4) is 0 Å². The molecular weight excluding hydrogens is 459 g/mol. The molecule has 0 aliphatic carbocycles. The Labute approximate surface area is 151 Å². The van der Waals surface area contributed by atoms with Crippen LogP contribution in [0.15, 0.2) is 59.6 Å². The molecular formula is C19H21BrO2Sn. The molecule has 0 spiro atoms. The first-order chi connectivity index (χ1) is 11.0. The van der Waals surface area contributed by atoms with Gasteiger partial charge in [0.15, 0.2) is 0 Å². The topological polar surface area (TPSA) is 26.3 Å². The minimum absolute atomic E-state index is 0.206. The molecule has 2 rings (SSSR count). The summed E-state index contributed by atoms with van der Waals surface area (Å²) in [5, 5.41) is 0. The van der Waals surface area contributed by atoms with Gasteiger partial charge in [-0.15, -0.1) is 0 Å². The Morgan fingerprint density at radius 1 is 1.09 bits per heavy atom. The molecule has 0 saturated heterocycles. The summed E-state index contributed by atoms with van der Waals surface area (Å²) in [5.74, 6) is -0.206. The zero-order valence-electron chi connectivity index (χ0n) is 13.5. The van der Waals surface area contributed by atoms with Gasteiger partial charge in [0.05, 0.1) is 0 Å². The van der Waals surface area contributed by atoms with E-state index in [9.17, 15) is 4.79 Å². The molecule has 0 aliphatic heterocycles. The molecule has 2 nitrogen and oxygen atoms in total. The van der Waals surface area contributed by atoms with Crippen molar-refractivity contribution in [3.8, 4) is 0 Å². The van der Waals surface area contributed by atoms with Gasteiger partial charge in [-0.25, -0.2) is 0 Å². The third-order valence-electron chi connectivity index (χ3n) is 4.18. The van der Waals surface area contributed by atoms with Crippen LogP contribution in [0.1, 0.15) is 29.8 Å². The van der Waals surface area contributed by atoms with Crippen LogP contribution in [-0.2, 0) is 3.07 Å². The van der Waals surface area contributed by atoms with Crippen molar-refractivity contribution < 1.29 is 7.87 Å². The van der Waals surface area contributed by atoms with Crippen LogP contribution in [0, 0.1) is 0 Å². The number of carbonyl (C=O) groups excluding carboxylic acids is 1. The SMILES string of the molecule is C=Cc1ccc(C(=O)[O][Sn]([CH2]C)([CH2]C)[c]2ccc(Br)cc2)cc1. The fourth-order valence-electron chi connectivity index (χ4n) is 2.61. The van der Waals surface area contributed by atoms with Gasteiger partial charge in [-0.1, -0.05) is 0 Å². The van der Waals surface area contributed by atoms with Crippen LogP contribution < -0.4 is 3.58 Å². The second kappa shape index (κ2) is 8.15. The van der Waals surface area contributed by atoms with E-state index >= 15 is 0 Å². The van der Waals surface area contributed by atoms with Gasteiger partial charge in [-0.3, -0.25) is 0 Å². The molecule has 0 radical (unpaired) electrons. The molecule has 0 saturated carbocycles. The average Bonchev–Trinajstić information content (AvgIpc) is 2.60. The molecule has 0 bridgehead atoms. The van der Waals surface area contributed by atoms with E-state index in [1.807, 2.05) is 36.4 Å². The molecule has 23 heavy (non-hydrogen) atoms. The zero-order valence-corrected chi connectivity index (χ0v) is 18.0. The Balaban J connectivity index is 2.28. The van der Waals surface area contributed by atoms with Gasteiger partial charge in [0.2, 0.25) is 0 Å². The van der Waals surface area contributed by atoms with Crippen LogP contribution in [0.25, 0.3) is 6.08 Å². The first kappa shape index (κ1) is 18.3. The molecule has 0 aromatic heterocycles. The van der Waals surface area contributed by atoms with Crippen LogP contribution in [0.2, 0.25) is 8.87 Å². The first-order valence-corrected chi connectivity index (χ1v) is 15.2. The summed E-state index contributed by atoms with van der Waals surface area (Å²) in [6.07, 6.45) is 1.76. The van der Waals surface area contributed by atoms with Crippen LogP contribution in [0.4, 0.5) is 0 Å². The molecule has 2 aromatic rings. The van der Waals surface area contributed by atoms with E-state index in [-0.39, 0.29) is 5.97 Å². The third kappa shape index (κ3) is 4.27. The summed E-state index contributed by atoms with van der Waals surface area (Å²) in [6.45, 7) is 8.00. The van der Waals surface area contributed by atoms with E-state index in [2.05, 4.69) is 48.5 Å². The van der Waals surface area contributed by atoms with E-state index in [4.69, 9.17) is 3.07 Å². The molecule has 0 unspecified atom stereocenters. The monoisotopic (exact) mass is 480 g/mol. The number of benzene rings is 2. The van der Waals surface area contributed by atoms with Gasteiger partial charge >= 0.3 is 152 Å². The molecule has 0 atom stereocenters. The van der Waals surface area contributed by atoms with Crippen molar-refractivity contribution in [2.75, 3.05) is 0 Å². The summed E-state index contributed by atoms with van der Waals surface area (Å²) in [7, 11) is 0. The third-order valence-corrected chi connectivity index (χ3v) is 16.8. The summed E-state index contributed by atoms with van der Waals surface area (Å²) >= 11 is 0.294. The second-order valence-electron chi connectivity index (χ2n) is 5.42. The minimum atomic E-state index is -3.17. The van der Waals surface area contributed by atoms with E-state index in [1.54, 1.807) is 6.08 Å². The Morgan fingerprint density at radius 2 is 1.65 bits per heavy atom. The Bertz CT molecular complexity index is 674. The van der Waals surface area contributed by atoms with Gasteiger partial charge < -0.3 is 0 Å². The first-order valence-electron chi connectivity index (χ1n) is 7.76. The second-order valence-corrected chi connectivity index (χ2v) is 18.3. The average molecular weight is 480 g/mol. The molecule has 2 aromatic carbocycles. The molecule has 4 heteroatoms. The van der Waals surface area contributed by atoms with E-state index in [0.29, 0.717) is 5.56 Å². The predicted molar refractivity (Wildman–Crippen MR) is 102 cm³/mol. The van der Waals surface area contributed by atoms with Crippen molar-refractivity contribution in [3.63, 3.8) is 0 Å². The Kier molecular flexibility index (Phi) is 6.48. The van der Waals surface area contributed by atoms with Crippen LogP contribution in [0.5, 0.6) is 0 Å². The Morgan fingerprint density at radius 3 is 2.13 bits per heavy atom. The van der Waals surface area contributed by atoms with Crippen molar-refractivity contribution in [2.24, 2.45) is 0 Å². The number of hydrogen-bond donors (Lipinski definition) is 0. The molecule has 0 amide bonds. The van der Waals surface area contributed by atoms with Gasteiger partial charge in [0.1, 0.15) is 0 Å². The van der Waals surface area contributed by atoms with Gasteiger partial charge in [0, 0.05) is 0 Å². The van der Waals surface area contributed by atoms with Crippen LogP contribution >= 0.6 is 15.9 Å². The van der Waals surface area contributed by atoms with Gasteiger partial charge in [-0.05, 0) is 0 Å². The molecule has 0 N–H and O–H groups in total. The fraction of sp³-hybridized carbons (Fsp3) is 0.211. The van der Waals surface area contributed by atoms with Crippen molar-refractivity contribution >= 4 is 50.3 Å². The normalized spacial score (nSPS) is 11.1. The molecule has 0 aliphatic rings. The van der Waals surface area contributed by atoms with Gasteiger partial charge in [0.25, 0.3) is 0 Å². The Hall–Kier alpha value is -1.07. The van der Waals surface area contributed by atoms with Gasteiger partial charge in [-0.2, -0.15) is 0 Å². The maximum atomic E-state index is 12.6. The van der Waals surface area contributed by atoms with Crippen molar-refractivity contribution in [3.05, 3.63) is 70.7 Å². The summed E-state index contributed by atoms with van der Waals surface area (Å²) in [4.78, 5) is 12.6.